The number of amides is 3. The number of likely N-dealkylation sites (N-methyl/N-ethyl adjacent to an activating group) is 2. The summed E-state index contributed by atoms with van der Waals surface area (Å²) >= 11 is 0. The van der Waals surface area contributed by atoms with Crippen LogP contribution in [-0.2, 0) is 38.4 Å². The normalized spacial score (nSPS) is 15.3. The number of ether oxygens (including phenoxy) is 1. The molecule has 1 fully saturated rings. The molecule has 0 aliphatic carbocycles. The van der Waals surface area contributed by atoms with Crippen LogP contribution in [-0.4, -0.2) is 86.0 Å². The largest absolute Gasteiger partial charge is 0.370 e. The van der Waals surface area contributed by atoms with Gasteiger partial charge < -0.3 is 25.2 Å². The van der Waals surface area contributed by atoms with Crippen LogP contribution in [0.3, 0.4) is 0 Å². The van der Waals surface area contributed by atoms with E-state index < -0.39 is 12.1 Å². The van der Waals surface area contributed by atoms with Crippen LogP contribution in [0.2, 0.25) is 0 Å². The molecule has 1 saturated heterocycles. The minimum atomic E-state index is -0.844. The number of hydrogen-bond acceptors (Lipinski definition) is 5. The van der Waals surface area contributed by atoms with E-state index in [1.807, 2.05) is 103 Å². The summed E-state index contributed by atoms with van der Waals surface area (Å²) in [6, 6.07) is 36.5. The lowest BCUT2D eigenvalue weighted by Gasteiger charge is -2.34. The van der Waals surface area contributed by atoms with Gasteiger partial charge in [-0.05, 0) is 53.6 Å². The molecule has 8 heteroatoms. The molecule has 256 valence electrons. The summed E-state index contributed by atoms with van der Waals surface area (Å²) in [5, 5.41) is 6.45. The zero-order chi connectivity index (χ0) is 34.4. The van der Waals surface area contributed by atoms with Crippen molar-refractivity contribution in [2.75, 3.05) is 40.4 Å². The molecule has 0 radical (unpaired) electrons. The Labute approximate surface area is 290 Å². The third kappa shape index (κ3) is 10.3. The second-order valence-electron chi connectivity index (χ2n) is 12.8. The van der Waals surface area contributed by atoms with E-state index in [1.54, 1.807) is 14.1 Å². The molecule has 4 aromatic rings. The zero-order valence-electron chi connectivity index (χ0n) is 28.6. The standard InChI is InChI=1S/C41H48N4O4/c1-44(39(46)30-49-29-36-19-12-25-42-36)38(28-33-20-22-35(23-21-33)34-17-10-5-11-18-34)41(48)45(2)37(27-32-15-8-4-9-16-32)40(47)43-26-24-31-13-6-3-7-14-31/h3-11,13-18,20-23,36-38,42H,12,19,24-30H2,1-2H3,(H,43,47)/t36-,37+,38+/m0/s1. The van der Waals surface area contributed by atoms with Crippen molar-refractivity contribution in [2.24, 2.45) is 0 Å². The topological polar surface area (TPSA) is 91.0 Å². The van der Waals surface area contributed by atoms with E-state index in [2.05, 4.69) is 22.8 Å². The first-order valence-electron chi connectivity index (χ1n) is 17.2. The highest BCUT2D eigenvalue weighted by molar-refractivity contribution is 5.92. The SMILES string of the molecule is CN(C(=O)COC[C@@H]1CCCN1)[C@H](Cc1ccc(-c2ccccc2)cc1)C(=O)N(C)[C@H](Cc1ccccc1)C(=O)NCCc1ccccc1. The summed E-state index contributed by atoms with van der Waals surface area (Å²) in [4.78, 5) is 44.8. The van der Waals surface area contributed by atoms with E-state index in [-0.39, 0.29) is 30.4 Å². The molecular weight excluding hydrogens is 612 g/mol. The maximum atomic E-state index is 14.5. The molecule has 2 N–H and O–H groups in total. The van der Waals surface area contributed by atoms with Crippen molar-refractivity contribution in [3.63, 3.8) is 0 Å². The van der Waals surface area contributed by atoms with Crippen molar-refractivity contribution < 1.29 is 19.1 Å². The Morgan fingerprint density at radius 3 is 1.94 bits per heavy atom. The molecule has 0 aromatic heterocycles. The van der Waals surface area contributed by atoms with E-state index in [9.17, 15) is 14.4 Å². The Kier molecular flexibility index (Phi) is 13.1. The van der Waals surface area contributed by atoms with Crippen LogP contribution in [0.4, 0.5) is 0 Å². The molecule has 0 bridgehead atoms. The van der Waals surface area contributed by atoms with Crippen LogP contribution >= 0.6 is 0 Å². The Morgan fingerprint density at radius 2 is 1.31 bits per heavy atom. The lowest BCUT2D eigenvalue weighted by atomic mass is 9.98. The number of rotatable bonds is 16. The number of benzene rings is 4. The second-order valence-corrected chi connectivity index (χ2v) is 12.8. The molecule has 4 aromatic carbocycles. The van der Waals surface area contributed by atoms with Gasteiger partial charge >= 0.3 is 0 Å². The number of carbonyl (C=O) groups excluding carboxylic acids is 3. The second kappa shape index (κ2) is 18.1. The van der Waals surface area contributed by atoms with Crippen molar-refractivity contribution in [3.05, 3.63) is 132 Å². The van der Waals surface area contributed by atoms with Gasteiger partial charge in [-0.1, -0.05) is 115 Å². The predicted molar refractivity (Wildman–Crippen MR) is 194 cm³/mol. The maximum Gasteiger partial charge on any atom is 0.249 e. The van der Waals surface area contributed by atoms with Gasteiger partial charge in [0.15, 0.2) is 0 Å². The van der Waals surface area contributed by atoms with Crippen LogP contribution in [0.15, 0.2) is 115 Å². The van der Waals surface area contributed by atoms with Gasteiger partial charge in [-0.25, -0.2) is 0 Å². The van der Waals surface area contributed by atoms with Crippen molar-refractivity contribution in [1.82, 2.24) is 20.4 Å². The summed E-state index contributed by atoms with van der Waals surface area (Å²) in [7, 11) is 3.32. The third-order valence-electron chi connectivity index (χ3n) is 9.29. The fourth-order valence-electron chi connectivity index (χ4n) is 6.26. The summed E-state index contributed by atoms with van der Waals surface area (Å²) in [5.74, 6) is -0.819. The van der Waals surface area contributed by atoms with Gasteiger partial charge in [-0.2, -0.15) is 0 Å². The van der Waals surface area contributed by atoms with Crippen molar-refractivity contribution in [2.45, 2.75) is 50.2 Å². The van der Waals surface area contributed by atoms with E-state index in [1.165, 1.54) is 9.80 Å². The monoisotopic (exact) mass is 660 g/mol. The Bertz CT molecular complexity index is 1610. The highest BCUT2D eigenvalue weighted by Gasteiger charge is 2.35. The molecule has 8 nitrogen and oxygen atoms in total. The Morgan fingerprint density at radius 1 is 0.735 bits per heavy atom. The van der Waals surface area contributed by atoms with Crippen LogP contribution in [0.1, 0.15) is 29.5 Å². The fraction of sp³-hybridized carbons (Fsp3) is 0.341. The van der Waals surface area contributed by atoms with E-state index in [4.69, 9.17) is 4.74 Å². The predicted octanol–water partition coefficient (Wildman–Crippen LogP) is 4.92. The lowest BCUT2D eigenvalue weighted by molar-refractivity contribution is -0.149. The average molecular weight is 661 g/mol. The molecule has 1 aliphatic rings. The van der Waals surface area contributed by atoms with Crippen LogP contribution in [0.5, 0.6) is 0 Å². The number of hydrogen-bond donors (Lipinski definition) is 2. The van der Waals surface area contributed by atoms with E-state index in [0.717, 1.165) is 47.2 Å². The first-order valence-corrected chi connectivity index (χ1v) is 17.2. The molecule has 0 unspecified atom stereocenters. The fourth-order valence-corrected chi connectivity index (χ4v) is 6.26. The first kappa shape index (κ1) is 35.5. The molecule has 5 rings (SSSR count). The van der Waals surface area contributed by atoms with Crippen molar-refractivity contribution in [1.29, 1.82) is 0 Å². The van der Waals surface area contributed by atoms with Gasteiger partial charge in [0.2, 0.25) is 17.7 Å². The molecule has 3 amide bonds. The quantitative estimate of drug-likeness (QED) is 0.178. The van der Waals surface area contributed by atoms with E-state index >= 15 is 0 Å². The van der Waals surface area contributed by atoms with E-state index in [0.29, 0.717) is 32.4 Å². The van der Waals surface area contributed by atoms with Crippen molar-refractivity contribution in [3.8, 4) is 11.1 Å². The number of nitrogens with zero attached hydrogens (tertiary/aromatic N) is 2. The van der Waals surface area contributed by atoms with Gasteiger partial charge in [-0.15, -0.1) is 0 Å². The smallest absolute Gasteiger partial charge is 0.249 e. The van der Waals surface area contributed by atoms with Gasteiger partial charge in [-0.3, -0.25) is 14.4 Å². The maximum absolute atomic E-state index is 14.5. The third-order valence-corrected chi connectivity index (χ3v) is 9.29. The summed E-state index contributed by atoms with van der Waals surface area (Å²) < 4.78 is 5.81. The number of carbonyl (C=O) groups is 3. The number of nitrogens with one attached hydrogen (secondary N) is 2. The lowest BCUT2D eigenvalue weighted by Crippen LogP contribution is -2.56. The first-order chi connectivity index (χ1) is 23.9. The molecule has 49 heavy (non-hydrogen) atoms. The summed E-state index contributed by atoms with van der Waals surface area (Å²) in [6.07, 6.45) is 3.42. The molecule has 0 spiro atoms. The molecule has 0 saturated carbocycles. The average Bonchev–Trinajstić information content (AvgIpc) is 3.67. The van der Waals surface area contributed by atoms with Gasteiger partial charge in [0.05, 0.1) is 6.61 Å². The zero-order valence-corrected chi connectivity index (χ0v) is 28.6. The summed E-state index contributed by atoms with van der Waals surface area (Å²) in [5.41, 5.74) is 5.14. The highest BCUT2D eigenvalue weighted by atomic mass is 16.5. The molecule has 1 heterocycles. The molecule has 1 aliphatic heterocycles. The Hall–Kier alpha value is -4.79. The van der Waals surface area contributed by atoms with Crippen molar-refractivity contribution >= 4 is 17.7 Å². The highest BCUT2D eigenvalue weighted by Crippen LogP contribution is 2.21. The van der Waals surface area contributed by atoms with Gasteiger partial charge in [0, 0.05) is 39.5 Å². The minimum absolute atomic E-state index is 0.122. The van der Waals surface area contributed by atoms with Gasteiger partial charge in [0.1, 0.15) is 18.7 Å². The van der Waals surface area contributed by atoms with Crippen LogP contribution in [0.25, 0.3) is 11.1 Å². The molecule has 3 atom stereocenters. The van der Waals surface area contributed by atoms with Crippen LogP contribution in [0, 0.1) is 0 Å². The Balaban J connectivity index is 1.34. The summed E-state index contributed by atoms with van der Waals surface area (Å²) in [6.45, 7) is 1.72. The minimum Gasteiger partial charge on any atom is -0.370 e. The van der Waals surface area contributed by atoms with Crippen LogP contribution < -0.4 is 10.6 Å². The molecular formula is C41H48N4O4. The van der Waals surface area contributed by atoms with Gasteiger partial charge in [0.25, 0.3) is 0 Å².